The number of carbonyl (C=O) groups is 1. The molecular weight excluding hydrogens is 887 g/mol. The first kappa shape index (κ1) is 50.8. The number of rotatable bonds is 25. The third-order valence-corrected chi connectivity index (χ3v) is 12.4. The first-order valence-electron chi connectivity index (χ1n) is 24.1. The van der Waals surface area contributed by atoms with E-state index in [-0.39, 0.29) is 52.1 Å². The molecule has 10 atom stereocenters. The molecule has 0 aromatic heterocycles. The number of methoxy groups -OCH3 is 1. The first-order valence-corrected chi connectivity index (χ1v) is 24.1. The van der Waals surface area contributed by atoms with Crippen LogP contribution in [0.3, 0.4) is 0 Å². The maximum Gasteiger partial charge on any atom is 0.216 e. The lowest BCUT2D eigenvalue weighted by atomic mass is 9.89. The Morgan fingerprint density at radius 1 is 0.429 bits per heavy atom. The summed E-state index contributed by atoms with van der Waals surface area (Å²) in [5, 5.41) is 3.00. The summed E-state index contributed by atoms with van der Waals surface area (Å²) in [6, 6.07) is 59.9. The Bertz CT molecular complexity index is 2370. The molecule has 0 aliphatic carbocycles. The van der Waals surface area contributed by atoms with Crippen LogP contribution in [0.25, 0.3) is 0 Å². The van der Waals surface area contributed by atoms with Crippen LogP contribution < -0.4 is 5.32 Å². The van der Waals surface area contributed by atoms with Crippen LogP contribution in [0.4, 0.5) is 0 Å². The lowest BCUT2D eigenvalue weighted by molar-refractivity contribution is -0.368. The molecule has 12 nitrogen and oxygen atoms in total. The first-order chi connectivity index (χ1) is 34.5. The Labute approximate surface area is 412 Å². The SMILES string of the molecule is CO[C@@H]1O[C@H](COCc2ccccc2)[C@@H](O[C@H]2O[C@H](COCc3ccccc3)[C@@H](OCc3ccccc3)[C@H](OCc3ccccc3)[C@H]2OCc2ccccc2)[C@H](OCc2ccccc2)[C@H]1CNC(C)=O. The van der Waals surface area contributed by atoms with Gasteiger partial charge in [0.05, 0.1) is 64.9 Å². The molecule has 0 radical (unpaired) electrons. The molecule has 2 aliphatic rings. The van der Waals surface area contributed by atoms with Crippen molar-refractivity contribution in [3.63, 3.8) is 0 Å². The highest BCUT2D eigenvalue weighted by atomic mass is 16.8. The van der Waals surface area contributed by atoms with Crippen LogP contribution >= 0.6 is 0 Å². The predicted molar refractivity (Wildman–Crippen MR) is 264 cm³/mol. The fraction of sp³-hybridized carbons (Fsp3) is 0.362. The summed E-state index contributed by atoms with van der Waals surface area (Å²) in [5.74, 6) is -0.733. The highest BCUT2D eigenvalue weighted by Gasteiger charge is 2.54. The minimum atomic E-state index is -1.10. The zero-order valence-electron chi connectivity index (χ0n) is 39.9. The molecule has 1 amide bonds. The van der Waals surface area contributed by atoms with Gasteiger partial charge in [-0.15, -0.1) is 0 Å². The average molecular weight is 952 g/mol. The quantitative estimate of drug-likeness (QED) is 0.0592. The minimum absolute atomic E-state index is 0.111. The summed E-state index contributed by atoms with van der Waals surface area (Å²) in [4.78, 5) is 12.6. The van der Waals surface area contributed by atoms with Crippen LogP contribution in [-0.2, 0) is 91.8 Å². The van der Waals surface area contributed by atoms with Gasteiger partial charge in [-0.3, -0.25) is 4.79 Å². The van der Waals surface area contributed by atoms with Crippen LogP contribution in [0, 0.1) is 5.92 Å². The summed E-state index contributed by atoms with van der Waals surface area (Å²) in [5.41, 5.74) is 5.89. The summed E-state index contributed by atoms with van der Waals surface area (Å²) in [6.45, 7) is 3.58. The maximum atomic E-state index is 12.6. The molecule has 12 heteroatoms. The van der Waals surface area contributed by atoms with Crippen molar-refractivity contribution >= 4 is 5.91 Å². The van der Waals surface area contributed by atoms with Gasteiger partial charge in [0.1, 0.15) is 36.6 Å². The summed E-state index contributed by atoms with van der Waals surface area (Å²) in [7, 11) is 1.59. The van der Waals surface area contributed by atoms with Gasteiger partial charge in [-0.1, -0.05) is 182 Å². The van der Waals surface area contributed by atoms with Gasteiger partial charge >= 0.3 is 0 Å². The predicted octanol–water partition coefficient (Wildman–Crippen LogP) is 9.00. The Hall–Kier alpha value is -5.61. The van der Waals surface area contributed by atoms with E-state index in [1.54, 1.807) is 7.11 Å². The van der Waals surface area contributed by atoms with E-state index in [1.807, 2.05) is 182 Å². The fourth-order valence-corrected chi connectivity index (χ4v) is 8.83. The molecule has 6 aromatic rings. The van der Waals surface area contributed by atoms with Gasteiger partial charge < -0.3 is 52.7 Å². The van der Waals surface area contributed by atoms with E-state index in [4.69, 9.17) is 47.4 Å². The van der Waals surface area contributed by atoms with Crippen LogP contribution in [0.2, 0.25) is 0 Å². The maximum absolute atomic E-state index is 12.6. The van der Waals surface area contributed by atoms with Crippen LogP contribution in [-0.4, -0.2) is 88.1 Å². The molecule has 70 heavy (non-hydrogen) atoms. The van der Waals surface area contributed by atoms with Crippen molar-refractivity contribution in [1.29, 1.82) is 0 Å². The molecule has 0 spiro atoms. The summed E-state index contributed by atoms with van der Waals surface area (Å²) >= 11 is 0. The van der Waals surface area contributed by atoms with E-state index in [0.717, 1.165) is 33.4 Å². The topological polar surface area (TPSA) is 121 Å². The number of nitrogens with one attached hydrogen (secondary N) is 1. The molecule has 1 N–H and O–H groups in total. The molecule has 0 bridgehead atoms. The van der Waals surface area contributed by atoms with Crippen LogP contribution in [0.15, 0.2) is 182 Å². The molecule has 0 unspecified atom stereocenters. The van der Waals surface area contributed by atoms with Crippen molar-refractivity contribution in [2.24, 2.45) is 5.92 Å². The van der Waals surface area contributed by atoms with Gasteiger partial charge in [0.15, 0.2) is 12.6 Å². The third kappa shape index (κ3) is 15.0. The van der Waals surface area contributed by atoms with E-state index in [1.165, 1.54) is 6.92 Å². The largest absolute Gasteiger partial charge is 0.374 e. The lowest BCUT2D eigenvalue weighted by Gasteiger charge is -2.50. The minimum Gasteiger partial charge on any atom is -0.374 e. The number of carbonyl (C=O) groups excluding carboxylic acids is 1. The molecule has 2 heterocycles. The van der Waals surface area contributed by atoms with Gasteiger partial charge in [0, 0.05) is 20.6 Å². The second-order valence-electron chi connectivity index (χ2n) is 17.6. The van der Waals surface area contributed by atoms with Gasteiger partial charge in [-0.2, -0.15) is 0 Å². The number of ether oxygens (including phenoxy) is 10. The highest BCUT2D eigenvalue weighted by Crippen LogP contribution is 2.37. The molecule has 8 rings (SSSR count). The lowest BCUT2D eigenvalue weighted by Crippen LogP contribution is -2.66. The van der Waals surface area contributed by atoms with Crippen molar-refractivity contribution in [3.8, 4) is 0 Å². The van der Waals surface area contributed by atoms with Crippen molar-refractivity contribution < 1.29 is 52.2 Å². The van der Waals surface area contributed by atoms with Crippen LogP contribution in [0.5, 0.6) is 0 Å². The normalized spacial score (nSPS) is 24.5. The fourth-order valence-electron chi connectivity index (χ4n) is 8.83. The zero-order valence-corrected chi connectivity index (χ0v) is 39.9. The number of hydrogen-bond donors (Lipinski definition) is 1. The van der Waals surface area contributed by atoms with Crippen molar-refractivity contribution in [3.05, 3.63) is 215 Å². The monoisotopic (exact) mass is 951 g/mol. The van der Waals surface area contributed by atoms with E-state index < -0.39 is 61.2 Å². The number of amides is 1. The smallest absolute Gasteiger partial charge is 0.216 e. The Morgan fingerprint density at radius 3 is 1.17 bits per heavy atom. The zero-order chi connectivity index (χ0) is 48.2. The second kappa shape index (κ2) is 27.1. The van der Waals surface area contributed by atoms with Crippen LogP contribution in [0.1, 0.15) is 40.3 Å². The van der Waals surface area contributed by atoms with E-state index >= 15 is 0 Å². The Kier molecular flexibility index (Phi) is 19.7. The van der Waals surface area contributed by atoms with Crippen molar-refractivity contribution in [2.45, 2.75) is 102 Å². The van der Waals surface area contributed by atoms with Gasteiger partial charge in [-0.05, 0) is 33.4 Å². The molecule has 2 fully saturated rings. The van der Waals surface area contributed by atoms with E-state index in [9.17, 15) is 4.79 Å². The molecule has 368 valence electrons. The van der Waals surface area contributed by atoms with Crippen molar-refractivity contribution in [1.82, 2.24) is 5.32 Å². The van der Waals surface area contributed by atoms with E-state index in [2.05, 4.69) is 5.32 Å². The molecular formula is C58H65NO11. The Morgan fingerprint density at radius 2 is 0.771 bits per heavy atom. The molecule has 6 aromatic carbocycles. The third-order valence-electron chi connectivity index (χ3n) is 12.4. The van der Waals surface area contributed by atoms with Gasteiger partial charge in [0.2, 0.25) is 5.91 Å². The Balaban J connectivity index is 1.19. The van der Waals surface area contributed by atoms with Gasteiger partial charge in [0.25, 0.3) is 0 Å². The van der Waals surface area contributed by atoms with E-state index in [0.29, 0.717) is 13.2 Å². The molecule has 2 saturated heterocycles. The number of hydrogen-bond acceptors (Lipinski definition) is 11. The summed E-state index contributed by atoms with van der Waals surface area (Å²) in [6.07, 6.45) is -7.25. The second-order valence-corrected chi connectivity index (χ2v) is 17.6. The summed E-state index contributed by atoms with van der Waals surface area (Å²) < 4.78 is 68.4. The standard InChI is InChI=1S/C58H65NO11/c1-42(60)59-33-49-52(64-36-45-25-13-5-14-26-45)54(51(68-57(49)61-2)41-63-35-44-23-11-4-12-24-44)70-58-56(67-39-48-31-19-8-20-32-48)55(66-38-47-29-17-7-18-30-47)53(65-37-46-27-15-6-16-28-46)50(69-58)40-62-34-43-21-9-3-10-22-43/h3-32,49-58H,33-41H2,1-2H3,(H,59,60)/t49-,50-,51-,52-,53-,54-,55+,56-,57-,58-/m1/s1. The molecule has 2 aliphatic heterocycles. The average Bonchev–Trinajstić information content (AvgIpc) is 3.40. The van der Waals surface area contributed by atoms with Gasteiger partial charge in [-0.25, -0.2) is 0 Å². The number of benzene rings is 6. The highest BCUT2D eigenvalue weighted by molar-refractivity contribution is 5.72. The molecule has 0 saturated carbocycles. The van der Waals surface area contributed by atoms with Crippen molar-refractivity contribution in [2.75, 3.05) is 26.9 Å².